The maximum absolute atomic E-state index is 12.6. The second-order valence-electron chi connectivity index (χ2n) is 8.90. The number of carbonyl (C=O) groups excluding carboxylic acids is 1. The lowest BCUT2D eigenvalue weighted by atomic mass is 9.96. The van der Waals surface area contributed by atoms with Gasteiger partial charge in [-0.2, -0.15) is 4.98 Å². The number of benzene rings is 1. The van der Waals surface area contributed by atoms with Crippen LogP contribution in [-0.2, 0) is 23.2 Å². The number of aromatic nitrogens is 2. The number of carbonyl (C=O) groups is 1. The van der Waals surface area contributed by atoms with E-state index in [0.717, 1.165) is 44.2 Å². The van der Waals surface area contributed by atoms with Crippen molar-refractivity contribution in [3.63, 3.8) is 0 Å². The van der Waals surface area contributed by atoms with Crippen LogP contribution >= 0.6 is 0 Å². The number of rotatable bonds is 5. The van der Waals surface area contributed by atoms with Crippen molar-refractivity contribution in [2.75, 3.05) is 39.4 Å². The van der Waals surface area contributed by atoms with E-state index in [4.69, 9.17) is 14.0 Å². The zero-order valence-corrected chi connectivity index (χ0v) is 18.0. The van der Waals surface area contributed by atoms with Crippen LogP contribution in [0, 0.1) is 0 Å². The SMILES string of the molecule is CC(C)(C)c1noc(CCC(=O)N2CCN(Cc3ccc4c(c3)OCCO4)CC2)n1. The van der Waals surface area contributed by atoms with E-state index in [1.807, 2.05) is 31.7 Å². The van der Waals surface area contributed by atoms with E-state index in [1.54, 1.807) is 0 Å². The largest absolute Gasteiger partial charge is 0.486 e. The van der Waals surface area contributed by atoms with E-state index in [0.29, 0.717) is 37.8 Å². The lowest BCUT2D eigenvalue weighted by Crippen LogP contribution is -2.48. The number of amides is 1. The summed E-state index contributed by atoms with van der Waals surface area (Å²) in [6.07, 6.45) is 0.882. The monoisotopic (exact) mass is 414 g/mol. The molecule has 1 amide bonds. The Morgan fingerprint density at radius 2 is 1.80 bits per heavy atom. The summed E-state index contributed by atoms with van der Waals surface area (Å²) in [5.74, 6) is 2.99. The predicted octanol–water partition coefficient (Wildman–Crippen LogP) is 2.42. The van der Waals surface area contributed by atoms with Crippen molar-refractivity contribution in [2.24, 2.45) is 0 Å². The molecule has 1 fully saturated rings. The first kappa shape index (κ1) is 20.7. The fourth-order valence-electron chi connectivity index (χ4n) is 3.63. The van der Waals surface area contributed by atoms with Gasteiger partial charge < -0.3 is 18.9 Å². The van der Waals surface area contributed by atoms with E-state index in [9.17, 15) is 4.79 Å². The van der Waals surface area contributed by atoms with Crippen LogP contribution < -0.4 is 9.47 Å². The minimum Gasteiger partial charge on any atom is -0.486 e. The number of ether oxygens (including phenoxy) is 2. The average molecular weight is 415 g/mol. The van der Waals surface area contributed by atoms with Crippen molar-refractivity contribution in [1.29, 1.82) is 0 Å². The predicted molar refractivity (Wildman–Crippen MR) is 111 cm³/mol. The molecule has 2 aliphatic heterocycles. The summed E-state index contributed by atoms with van der Waals surface area (Å²) in [4.78, 5) is 21.3. The smallest absolute Gasteiger partial charge is 0.227 e. The van der Waals surface area contributed by atoms with Crippen molar-refractivity contribution in [1.82, 2.24) is 19.9 Å². The highest BCUT2D eigenvalue weighted by Crippen LogP contribution is 2.31. The Balaban J connectivity index is 1.23. The second-order valence-corrected chi connectivity index (χ2v) is 8.90. The maximum Gasteiger partial charge on any atom is 0.227 e. The van der Waals surface area contributed by atoms with Crippen molar-refractivity contribution in [3.8, 4) is 11.5 Å². The number of nitrogens with zero attached hydrogens (tertiary/aromatic N) is 4. The molecule has 0 radical (unpaired) electrons. The van der Waals surface area contributed by atoms with Crippen molar-refractivity contribution >= 4 is 5.91 Å². The number of fused-ring (bicyclic) bond motifs is 1. The normalized spacial score (nSPS) is 17.2. The Kier molecular flexibility index (Phi) is 5.94. The molecule has 2 aliphatic rings. The number of hydrogen-bond donors (Lipinski definition) is 0. The van der Waals surface area contributed by atoms with Gasteiger partial charge in [-0.3, -0.25) is 9.69 Å². The van der Waals surface area contributed by atoms with Gasteiger partial charge in [-0.1, -0.05) is 32.0 Å². The summed E-state index contributed by atoms with van der Waals surface area (Å²) in [7, 11) is 0. The van der Waals surface area contributed by atoms with Crippen LogP contribution in [0.5, 0.6) is 11.5 Å². The topological polar surface area (TPSA) is 80.9 Å². The molecule has 8 nitrogen and oxygen atoms in total. The van der Waals surface area contributed by atoms with Crippen molar-refractivity contribution in [2.45, 2.75) is 45.6 Å². The van der Waals surface area contributed by atoms with Gasteiger partial charge in [-0.05, 0) is 17.7 Å². The molecule has 0 unspecified atom stereocenters. The lowest BCUT2D eigenvalue weighted by molar-refractivity contribution is -0.133. The van der Waals surface area contributed by atoms with Crippen LogP contribution in [0.2, 0.25) is 0 Å². The first-order chi connectivity index (χ1) is 14.4. The lowest BCUT2D eigenvalue weighted by Gasteiger charge is -2.35. The van der Waals surface area contributed by atoms with Crippen molar-refractivity contribution < 1.29 is 18.8 Å². The summed E-state index contributed by atoms with van der Waals surface area (Å²) in [6.45, 7) is 11.3. The molecule has 3 heterocycles. The van der Waals surface area contributed by atoms with Crippen LogP contribution in [0.4, 0.5) is 0 Å². The summed E-state index contributed by atoms with van der Waals surface area (Å²) in [5, 5.41) is 4.02. The van der Waals surface area contributed by atoms with Gasteiger partial charge >= 0.3 is 0 Å². The molecule has 0 N–H and O–H groups in total. The fourth-order valence-corrected chi connectivity index (χ4v) is 3.63. The molecule has 0 atom stereocenters. The molecule has 0 saturated carbocycles. The quantitative estimate of drug-likeness (QED) is 0.743. The maximum atomic E-state index is 12.6. The number of hydrogen-bond acceptors (Lipinski definition) is 7. The van der Waals surface area contributed by atoms with Gasteiger partial charge in [0.2, 0.25) is 11.8 Å². The van der Waals surface area contributed by atoms with Gasteiger partial charge in [0.1, 0.15) is 13.2 Å². The van der Waals surface area contributed by atoms with Crippen LogP contribution in [0.3, 0.4) is 0 Å². The Morgan fingerprint density at radius 1 is 1.07 bits per heavy atom. The third kappa shape index (κ3) is 4.92. The molecular formula is C22H30N4O4. The molecule has 4 rings (SSSR count). The van der Waals surface area contributed by atoms with Gasteiger partial charge in [0.25, 0.3) is 0 Å². The van der Waals surface area contributed by atoms with Crippen LogP contribution in [0.25, 0.3) is 0 Å². The summed E-state index contributed by atoms with van der Waals surface area (Å²) in [6, 6.07) is 6.12. The highest BCUT2D eigenvalue weighted by Gasteiger charge is 2.24. The second kappa shape index (κ2) is 8.63. The average Bonchev–Trinajstić information content (AvgIpc) is 3.22. The van der Waals surface area contributed by atoms with E-state index < -0.39 is 0 Å². The third-order valence-electron chi connectivity index (χ3n) is 5.43. The molecule has 162 valence electrons. The zero-order valence-electron chi connectivity index (χ0n) is 18.0. The summed E-state index contributed by atoms with van der Waals surface area (Å²) >= 11 is 0. The number of aryl methyl sites for hydroxylation is 1. The van der Waals surface area contributed by atoms with Crippen LogP contribution in [0.1, 0.15) is 44.5 Å². The Hall–Kier alpha value is -2.61. The Labute approximate surface area is 177 Å². The molecule has 1 saturated heterocycles. The molecule has 1 aromatic carbocycles. The van der Waals surface area contributed by atoms with E-state index >= 15 is 0 Å². The molecule has 0 bridgehead atoms. The molecule has 8 heteroatoms. The summed E-state index contributed by atoms with van der Waals surface area (Å²) in [5.41, 5.74) is 1.05. The Morgan fingerprint density at radius 3 is 2.50 bits per heavy atom. The van der Waals surface area contributed by atoms with Gasteiger partial charge in [-0.15, -0.1) is 0 Å². The molecule has 0 spiro atoms. The zero-order chi connectivity index (χ0) is 21.1. The minimum absolute atomic E-state index is 0.143. The van der Waals surface area contributed by atoms with Gasteiger partial charge in [-0.25, -0.2) is 0 Å². The first-order valence-electron chi connectivity index (χ1n) is 10.6. The standard InChI is InChI=1S/C22H30N4O4/c1-22(2,3)21-23-19(30-24-21)6-7-20(27)26-10-8-25(9-11-26)15-16-4-5-17-18(14-16)29-13-12-28-17/h4-5,14H,6-13,15H2,1-3H3. The molecule has 0 aliphatic carbocycles. The van der Waals surface area contributed by atoms with Gasteiger partial charge in [0, 0.05) is 51.0 Å². The highest BCUT2D eigenvalue weighted by molar-refractivity contribution is 5.76. The first-order valence-corrected chi connectivity index (χ1v) is 10.6. The third-order valence-corrected chi connectivity index (χ3v) is 5.43. The molecule has 2 aromatic rings. The van der Waals surface area contributed by atoms with E-state index in [2.05, 4.69) is 27.2 Å². The van der Waals surface area contributed by atoms with Gasteiger partial charge in [0.05, 0.1) is 0 Å². The van der Waals surface area contributed by atoms with Crippen LogP contribution in [-0.4, -0.2) is 65.2 Å². The summed E-state index contributed by atoms with van der Waals surface area (Å²) < 4.78 is 16.5. The molecular weight excluding hydrogens is 384 g/mol. The van der Waals surface area contributed by atoms with Gasteiger partial charge in [0.15, 0.2) is 17.3 Å². The molecule has 30 heavy (non-hydrogen) atoms. The Bertz CT molecular complexity index is 882. The van der Waals surface area contributed by atoms with Crippen LogP contribution in [0.15, 0.2) is 22.7 Å². The van der Waals surface area contributed by atoms with Crippen molar-refractivity contribution in [3.05, 3.63) is 35.5 Å². The minimum atomic E-state index is -0.153. The van der Waals surface area contributed by atoms with E-state index in [1.165, 1.54) is 5.56 Å². The fraction of sp³-hybridized carbons (Fsp3) is 0.591. The number of piperazine rings is 1. The molecule has 1 aromatic heterocycles. The van der Waals surface area contributed by atoms with E-state index in [-0.39, 0.29) is 11.3 Å². The highest BCUT2D eigenvalue weighted by atomic mass is 16.6.